The first kappa shape index (κ1) is 10.1. The Morgan fingerprint density at radius 2 is 2.14 bits per heavy atom. The van der Waals surface area contributed by atoms with Crippen LogP contribution in [0.2, 0.25) is 10.0 Å². The monoisotopic (exact) mass is 231 g/mol. The first-order valence-corrected chi connectivity index (χ1v) is 5.34. The van der Waals surface area contributed by atoms with Crippen LogP contribution in [0.3, 0.4) is 0 Å². The minimum atomic E-state index is 0.257. The summed E-state index contributed by atoms with van der Waals surface area (Å²) in [6.45, 7) is 1.92. The van der Waals surface area contributed by atoms with E-state index in [2.05, 4.69) is 5.32 Å². The molecule has 1 fully saturated rings. The summed E-state index contributed by atoms with van der Waals surface area (Å²) in [5, 5.41) is 4.33. The van der Waals surface area contributed by atoms with Crippen molar-refractivity contribution in [3.63, 3.8) is 0 Å². The van der Waals surface area contributed by atoms with E-state index in [-0.39, 0.29) is 6.10 Å². The summed E-state index contributed by atoms with van der Waals surface area (Å²) in [4.78, 5) is 0. The van der Waals surface area contributed by atoms with Crippen LogP contribution in [-0.4, -0.2) is 19.2 Å². The maximum Gasteiger partial charge on any atom is 0.121 e. The maximum atomic E-state index is 5.87. The molecule has 0 radical (unpaired) electrons. The largest absolute Gasteiger partial charge is 0.489 e. The van der Waals surface area contributed by atoms with Crippen molar-refractivity contribution < 1.29 is 4.74 Å². The number of ether oxygens (including phenoxy) is 1. The third-order valence-corrected chi connectivity index (χ3v) is 2.95. The molecule has 1 atom stereocenters. The topological polar surface area (TPSA) is 21.3 Å². The van der Waals surface area contributed by atoms with E-state index in [1.165, 1.54) is 0 Å². The van der Waals surface area contributed by atoms with E-state index < -0.39 is 0 Å². The van der Waals surface area contributed by atoms with E-state index in [4.69, 9.17) is 27.9 Å². The standard InChI is InChI=1S/C10H11Cl2NO/c11-9-2-1-7(5-10(9)12)14-8-3-4-13-6-8/h1-2,5,8,13H,3-4,6H2. The molecule has 1 N–H and O–H groups in total. The van der Waals surface area contributed by atoms with Crippen LogP contribution < -0.4 is 10.1 Å². The Morgan fingerprint density at radius 3 is 2.79 bits per heavy atom. The van der Waals surface area contributed by atoms with Crippen molar-refractivity contribution in [3.05, 3.63) is 28.2 Å². The van der Waals surface area contributed by atoms with Crippen LogP contribution in [0.25, 0.3) is 0 Å². The van der Waals surface area contributed by atoms with Gasteiger partial charge in [-0.2, -0.15) is 0 Å². The van der Waals surface area contributed by atoms with E-state index in [1.54, 1.807) is 12.1 Å². The average Bonchev–Trinajstić information content (AvgIpc) is 2.64. The highest BCUT2D eigenvalue weighted by atomic mass is 35.5. The Labute approximate surface area is 93.2 Å². The Bertz CT molecular complexity index is 324. The SMILES string of the molecule is Clc1ccc(OC2CCNC2)cc1Cl. The normalized spacial score (nSPS) is 21.1. The Hall–Kier alpha value is -0.440. The summed E-state index contributed by atoms with van der Waals surface area (Å²) in [5.41, 5.74) is 0. The van der Waals surface area contributed by atoms with Gasteiger partial charge in [0.05, 0.1) is 10.0 Å². The lowest BCUT2D eigenvalue weighted by molar-refractivity contribution is 0.223. The van der Waals surface area contributed by atoms with Gasteiger partial charge < -0.3 is 10.1 Å². The van der Waals surface area contributed by atoms with E-state index in [1.807, 2.05) is 6.07 Å². The van der Waals surface area contributed by atoms with Crippen molar-refractivity contribution in [1.82, 2.24) is 5.32 Å². The fraction of sp³-hybridized carbons (Fsp3) is 0.400. The van der Waals surface area contributed by atoms with Crippen LogP contribution in [0.15, 0.2) is 18.2 Å². The quantitative estimate of drug-likeness (QED) is 0.846. The lowest BCUT2D eigenvalue weighted by Crippen LogP contribution is -2.19. The number of nitrogens with one attached hydrogen (secondary N) is 1. The van der Waals surface area contributed by atoms with Gasteiger partial charge in [0.2, 0.25) is 0 Å². The van der Waals surface area contributed by atoms with Crippen LogP contribution in [-0.2, 0) is 0 Å². The smallest absolute Gasteiger partial charge is 0.121 e. The fourth-order valence-electron chi connectivity index (χ4n) is 1.47. The molecule has 0 spiro atoms. The molecule has 0 aliphatic carbocycles. The van der Waals surface area contributed by atoms with Crippen LogP contribution in [0.1, 0.15) is 6.42 Å². The van der Waals surface area contributed by atoms with Gasteiger partial charge in [-0.15, -0.1) is 0 Å². The Balaban J connectivity index is 2.05. The molecule has 1 unspecified atom stereocenters. The summed E-state index contributed by atoms with van der Waals surface area (Å²) in [5.74, 6) is 0.785. The first-order valence-electron chi connectivity index (χ1n) is 4.58. The van der Waals surface area contributed by atoms with Gasteiger partial charge in [-0.05, 0) is 25.1 Å². The van der Waals surface area contributed by atoms with Gasteiger partial charge >= 0.3 is 0 Å². The second kappa shape index (κ2) is 4.39. The molecule has 2 nitrogen and oxygen atoms in total. The van der Waals surface area contributed by atoms with Crippen molar-refractivity contribution in [2.75, 3.05) is 13.1 Å². The van der Waals surface area contributed by atoms with Crippen LogP contribution >= 0.6 is 23.2 Å². The molecule has 4 heteroatoms. The summed E-state index contributed by atoms with van der Waals surface area (Å²) in [6, 6.07) is 5.34. The highest BCUT2D eigenvalue weighted by Gasteiger charge is 2.15. The van der Waals surface area contributed by atoms with E-state index >= 15 is 0 Å². The number of benzene rings is 1. The van der Waals surface area contributed by atoms with E-state index in [0.29, 0.717) is 10.0 Å². The second-order valence-corrected chi connectivity index (χ2v) is 4.12. The minimum absolute atomic E-state index is 0.257. The van der Waals surface area contributed by atoms with Gasteiger partial charge in [-0.1, -0.05) is 23.2 Å². The molecule has 1 heterocycles. The summed E-state index contributed by atoms with van der Waals surface area (Å²) in [7, 11) is 0. The highest BCUT2D eigenvalue weighted by Crippen LogP contribution is 2.27. The molecule has 1 aliphatic heterocycles. The molecule has 1 aromatic rings. The van der Waals surface area contributed by atoms with Gasteiger partial charge in [-0.25, -0.2) is 0 Å². The maximum absolute atomic E-state index is 5.87. The summed E-state index contributed by atoms with van der Waals surface area (Å²) < 4.78 is 5.71. The van der Waals surface area contributed by atoms with Crippen molar-refractivity contribution in [2.45, 2.75) is 12.5 Å². The molecule has 1 aromatic carbocycles. The Kier molecular flexibility index (Phi) is 3.16. The minimum Gasteiger partial charge on any atom is -0.489 e. The molecule has 2 rings (SSSR count). The molecule has 1 saturated heterocycles. The lowest BCUT2D eigenvalue weighted by Gasteiger charge is -2.12. The summed E-state index contributed by atoms with van der Waals surface area (Å²) in [6.07, 6.45) is 1.30. The number of hydrogen-bond acceptors (Lipinski definition) is 2. The van der Waals surface area contributed by atoms with Gasteiger partial charge in [0, 0.05) is 12.6 Å². The molecular weight excluding hydrogens is 221 g/mol. The molecule has 0 bridgehead atoms. The van der Waals surface area contributed by atoms with Gasteiger partial charge in [0.25, 0.3) is 0 Å². The number of rotatable bonds is 2. The van der Waals surface area contributed by atoms with Gasteiger partial charge in [-0.3, -0.25) is 0 Å². The predicted molar refractivity (Wildman–Crippen MR) is 58.4 cm³/mol. The van der Waals surface area contributed by atoms with Crippen LogP contribution in [0.5, 0.6) is 5.75 Å². The predicted octanol–water partition coefficient (Wildman–Crippen LogP) is 2.73. The van der Waals surface area contributed by atoms with Crippen molar-refractivity contribution >= 4 is 23.2 Å². The molecule has 0 saturated carbocycles. The molecule has 0 amide bonds. The van der Waals surface area contributed by atoms with Crippen molar-refractivity contribution in [1.29, 1.82) is 0 Å². The zero-order valence-electron chi connectivity index (χ0n) is 7.59. The summed E-state index contributed by atoms with van der Waals surface area (Å²) >= 11 is 11.7. The third kappa shape index (κ3) is 2.32. The van der Waals surface area contributed by atoms with E-state index in [0.717, 1.165) is 25.3 Å². The second-order valence-electron chi connectivity index (χ2n) is 3.31. The number of hydrogen-bond donors (Lipinski definition) is 1. The molecule has 0 aromatic heterocycles. The van der Waals surface area contributed by atoms with Crippen LogP contribution in [0, 0.1) is 0 Å². The Morgan fingerprint density at radius 1 is 1.29 bits per heavy atom. The third-order valence-electron chi connectivity index (χ3n) is 2.21. The van der Waals surface area contributed by atoms with Gasteiger partial charge in [0.15, 0.2) is 0 Å². The molecule has 14 heavy (non-hydrogen) atoms. The number of halogens is 2. The van der Waals surface area contributed by atoms with Gasteiger partial charge in [0.1, 0.15) is 11.9 Å². The van der Waals surface area contributed by atoms with Crippen molar-refractivity contribution in [2.24, 2.45) is 0 Å². The zero-order chi connectivity index (χ0) is 9.97. The molecular formula is C10H11Cl2NO. The average molecular weight is 232 g/mol. The molecule has 76 valence electrons. The lowest BCUT2D eigenvalue weighted by atomic mass is 10.3. The van der Waals surface area contributed by atoms with E-state index in [9.17, 15) is 0 Å². The highest BCUT2D eigenvalue weighted by molar-refractivity contribution is 6.42. The zero-order valence-corrected chi connectivity index (χ0v) is 9.11. The van der Waals surface area contributed by atoms with Crippen LogP contribution in [0.4, 0.5) is 0 Å². The van der Waals surface area contributed by atoms with Crippen molar-refractivity contribution in [3.8, 4) is 5.75 Å². The first-order chi connectivity index (χ1) is 6.75. The molecule has 1 aliphatic rings. The fourth-order valence-corrected chi connectivity index (χ4v) is 1.76.